The van der Waals surface area contributed by atoms with Gasteiger partial charge in [-0.1, -0.05) is 12.1 Å². The van der Waals surface area contributed by atoms with Crippen molar-refractivity contribution in [3.8, 4) is 11.5 Å². The van der Waals surface area contributed by atoms with Crippen molar-refractivity contribution in [2.45, 2.75) is 33.8 Å². The number of ketones is 1. The highest BCUT2D eigenvalue weighted by Gasteiger charge is 2.21. The van der Waals surface area contributed by atoms with E-state index in [1.165, 1.54) is 7.11 Å². The van der Waals surface area contributed by atoms with Gasteiger partial charge in [-0.25, -0.2) is 4.79 Å². The first-order valence-electron chi connectivity index (χ1n) is 8.50. The van der Waals surface area contributed by atoms with Crippen molar-refractivity contribution >= 4 is 11.8 Å². The van der Waals surface area contributed by atoms with Crippen molar-refractivity contribution < 1.29 is 23.8 Å². The molecule has 1 atom stereocenters. The van der Waals surface area contributed by atoms with Gasteiger partial charge in [-0.05, 0) is 63.1 Å². The maximum absolute atomic E-state index is 12.5. The lowest BCUT2D eigenvalue weighted by molar-refractivity contribution is 0.0318. The lowest BCUT2D eigenvalue weighted by atomic mass is 10.0. The van der Waals surface area contributed by atoms with Crippen molar-refractivity contribution in [2.75, 3.05) is 13.7 Å². The van der Waals surface area contributed by atoms with Crippen molar-refractivity contribution in [1.82, 2.24) is 0 Å². The molecular formula is C21H24O5. The fourth-order valence-corrected chi connectivity index (χ4v) is 2.48. The molecule has 5 nitrogen and oxygen atoms in total. The van der Waals surface area contributed by atoms with E-state index in [-0.39, 0.29) is 5.78 Å². The summed E-state index contributed by atoms with van der Waals surface area (Å²) in [7, 11) is 1.50. The number of esters is 1. The van der Waals surface area contributed by atoms with E-state index in [4.69, 9.17) is 14.2 Å². The molecule has 0 amide bonds. The lowest BCUT2D eigenvalue weighted by Gasteiger charge is -2.14. The summed E-state index contributed by atoms with van der Waals surface area (Å²) in [6.07, 6.45) is -0.887. The molecule has 0 aliphatic rings. The molecule has 2 rings (SSSR count). The number of hydrogen-bond acceptors (Lipinski definition) is 5. The van der Waals surface area contributed by atoms with Gasteiger partial charge in [0.15, 0.2) is 17.6 Å². The minimum atomic E-state index is -0.887. The largest absolute Gasteiger partial charge is 0.493 e. The standard InChI is InChI=1S/C21H24O5/c1-6-25-18-10-9-17(12-19(18)24-5)21(23)26-15(4)20(22)16-8-7-13(2)14(3)11-16/h7-12,15H,6H2,1-5H3/t15-/m0/s1. The molecule has 0 N–H and O–H groups in total. The zero-order valence-corrected chi connectivity index (χ0v) is 15.8. The van der Waals surface area contributed by atoms with E-state index in [0.29, 0.717) is 29.2 Å². The Morgan fingerprint density at radius 2 is 1.65 bits per heavy atom. The van der Waals surface area contributed by atoms with Crippen molar-refractivity contribution in [1.29, 1.82) is 0 Å². The van der Waals surface area contributed by atoms with Gasteiger partial charge in [0.05, 0.1) is 19.3 Å². The van der Waals surface area contributed by atoms with Crippen LogP contribution in [0.5, 0.6) is 11.5 Å². The fraction of sp³-hybridized carbons (Fsp3) is 0.333. The monoisotopic (exact) mass is 356 g/mol. The molecule has 0 saturated heterocycles. The third-order valence-electron chi connectivity index (χ3n) is 4.14. The number of methoxy groups -OCH3 is 1. The van der Waals surface area contributed by atoms with Gasteiger partial charge in [0, 0.05) is 5.56 Å². The fourth-order valence-electron chi connectivity index (χ4n) is 2.48. The van der Waals surface area contributed by atoms with Gasteiger partial charge >= 0.3 is 5.97 Å². The summed E-state index contributed by atoms with van der Waals surface area (Å²) in [4.78, 5) is 24.9. The van der Waals surface area contributed by atoms with E-state index in [9.17, 15) is 9.59 Å². The first-order chi connectivity index (χ1) is 12.4. The van der Waals surface area contributed by atoms with Crippen LogP contribution in [0, 0.1) is 13.8 Å². The number of benzene rings is 2. The van der Waals surface area contributed by atoms with E-state index >= 15 is 0 Å². The van der Waals surface area contributed by atoms with E-state index in [2.05, 4.69) is 0 Å². The molecule has 0 heterocycles. The maximum atomic E-state index is 12.5. The van der Waals surface area contributed by atoms with Gasteiger partial charge in [0.1, 0.15) is 0 Å². The van der Waals surface area contributed by atoms with Crippen LogP contribution in [-0.2, 0) is 4.74 Å². The molecule has 0 fully saturated rings. The first-order valence-corrected chi connectivity index (χ1v) is 8.50. The second-order valence-corrected chi connectivity index (χ2v) is 6.01. The van der Waals surface area contributed by atoms with E-state index in [1.807, 2.05) is 32.9 Å². The Balaban J connectivity index is 2.13. The van der Waals surface area contributed by atoms with E-state index in [1.54, 1.807) is 31.2 Å². The average Bonchev–Trinajstić information content (AvgIpc) is 2.63. The number of carbonyl (C=O) groups excluding carboxylic acids is 2. The molecule has 0 aromatic heterocycles. The van der Waals surface area contributed by atoms with Crippen molar-refractivity contribution in [3.05, 3.63) is 58.7 Å². The number of Topliss-reactive ketones (excluding diaryl/α,β-unsaturated/α-hetero) is 1. The second kappa shape index (κ2) is 8.52. The minimum absolute atomic E-state index is 0.237. The lowest BCUT2D eigenvalue weighted by Crippen LogP contribution is -2.24. The Hall–Kier alpha value is -2.82. The molecule has 0 aliphatic heterocycles. The van der Waals surface area contributed by atoms with Gasteiger partial charge in [-0.3, -0.25) is 4.79 Å². The average molecular weight is 356 g/mol. The Bertz CT molecular complexity index is 810. The number of ether oxygens (including phenoxy) is 3. The van der Waals surface area contributed by atoms with Crippen LogP contribution in [0.15, 0.2) is 36.4 Å². The number of carbonyl (C=O) groups is 2. The molecule has 5 heteroatoms. The third kappa shape index (κ3) is 4.42. The van der Waals surface area contributed by atoms with Gasteiger partial charge < -0.3 is 14.2 Å². The molecule has 0 bridgehead atoms. The summed E-state index contributed by atoms with van der Waals surface area (Å²) in [5, 5.41) is 0. The molecule has 2 aromatic rings. The van der Waals surface area contributed by atoms with Crippen LogP contribution < -0.4 is 9.47 Å². The molecule has 2 aromatic carbocycles. The number of rotatable bonds is 7. The van der Waals surface area contributed by atoms with E-state index < -0.39 is 12.1 Å². The smallest absolute Gasteiger partial charge is 0.338 e. The van der Waals surface area contributed by atoms with Crippen LogP contribution in [0.1, 0.15) is 45.7 Å². The molecule has 26 heavy (non-hydrogen) atoms. The van der Waals surface area contributed by atoms with Gasteiger partial charge in [-0.2, -0.15) is 0 Å². The summed E-state index contributed by atoms with van der Waals surface area (Å²) >= 11 is 0. The molecule has 138 valence electrons. The number of aryl methyl sites for hydroxylation is 2. The molecule has 0 unspecified atom stereocenters. The molecule has 0 spiro atoms. The highest BCUT2D eigenvalue weighted by Crippen LogP contribution is 2.28. The highest BCUT2D eigenvalue weighted by atomic mass is 16.5. The predicted molar refractivity (Wildman–Crippen MR) is 99.3 cm³/mol. The molecule has 0 saturated carbocycles. The van der Waals surface area contributed by atoms with Gasteiger partial charge in [0.2, 0.25) is 5.78 Å². The Morgan fingerprint density at radius 1 is 0.962 bits per heavy atom. The molecular weight excluding hydrogens is 332 g/mol. The second-order valence-electron chi connectivity index (χ2n) is 6.01. The first kappa shape index (κ1) is 19.5. The van der Waals surface area contributed by atoms with Crippen molar-refractivity contribution in [2.24, 2.45) is 0 Å². The summed E-state index contributed by atoms with van der Waals surface area (Å²) in [6.45, 7) is 7.84. The minimum Gasteiger partial charge on any atom is -0.493 e. The zero-order chi connectivity index (χ0) is 19.3. The molecule has 0 aliphatic carbocycles. The van der Waals surface area contributed by atoms with Crippen LogP contribution in [0.3, 0.4) is 0 Å². The SMILES string of the molecule is CCOc1ccc(C(=O)O[C@@H](C)C(=O)c2ccc(C)c(C)c2)cc1OC. The molecule has 0 radical (unpaired) electrons. The van der Waals surface area contributed by atoms with Crippen LogP contribution in [0.4, 0.5) is 0 Å². The topological polar surface area (TPSA) is 61.8 Å². The quantitative estimate of drug-likeness (QED) is 0.551. The predicted octanol–water partition coefficient (Wildman–Crippen LogP) is 4.14. The van der Waals surface area contributed by atoms with Crippen LogP contribution in [0.25, 0.3) is 0 Å². The summed E-state index contributed by atoms with van der Waals surface area (Å²) < 4.78 is 16.0. The van der Waals surface area contributed by atoms with Gasteiger partial charge in [0.25, 0.3) is 0 Å². The normalized spacial score (nSPS) is 11.6. The van der Waals surface area contributed by atoms with Crippen LogP contribution in [-0.4, -0.2) is 31.6 Å². The Labute approximate surface area is 153 Å². The van der Waals surface area contributed by atoms with E-state index in [0.717, 1.165) is 11.1 Å². The van der Waals surface area contributed by atoms with Gasteiger partial charge in [-0.15, -0.1) is 0 Å². The number of hydrogen-bond donors (Lipinski definition) is 0. The summed E-state index contributed by atoms with van der Waals surface area (Å²) in [5.74, 6) is 0.163. The third-order valence-corrected chi connectivity index (χ3v) is 4.14. The van der Waals surface area contributed by atoms with Crippen molar-refractivity contribution in [3.63, 3.8) is 0 Å². The summed E-state index contributed by atoms with van der Waals surface area (Å²) in [6, 6.07) is 10.2. The van der Waals surface area contributed by atoms with Crippen LogP contribution in [0.2, 0.25) is 0 Å². The Morgan fingerprint density at radius 3 is 2.27 bits per heavy atom. The highest BCUT2D eigenvalue weighted by molar-refractivity contribution is 6.01. The van der Waals surface area contributed by atoms with Crippen LogP contribution >= 0.6 is 0 Å². The zero-order valence-electron chi connectivity index (χ0n) is 15.8. The maximum Gasteiger partial charge on any atom is 0.338 e. The Kier molecular flexibility index (Phi) is 6.39. The summed E-state index contributed by atoms with van der Waals surface area (Å²) in [5.41, 5.74) is 2.95.